The summed E-state index contributed by atoms with van der Waals surface area (Å²) in [5, 5.41) is 0. The summed E-state index contributed by atoms with van der Waals surface area (Å²) in [6.45, 7) is 0. The van der Waals surface area contributed by atoms with Gasteiger partial charge < -0.3 is 50.9 Å². The normalized spacial score (nSPS) is 16.5. The van der Waals surface area contributed by atoms with Gasteiger partial charge in [-0.2, -0.15) is 0 Å². The summed E-state index contributed by atoms with van der Waals surface area (Å²) < 4.78 is 0.648. The van der Waals surface area contributed by atoms with E-state index in [-0.39, 0.29) is 50.9 Å². The summed E-state index contributed by atoms with van der Waals surface area (Å²) in [5.74, 6) is 0. The molecule has 0 unspecified atom stereocenters. The van der Waals surface area contributed by atoms with Crippen LogP contribution in [-0.4, -0.2) is 0 Å². The van der Waals surface area contributed by atoms with Crippen LogP contribution in [0.15, 0.2) is 47.6 Å². The van der Waals surface area contributed by atoms with Crippen molar-refractivity contribution < 1.29 is 71.4 Å². The van der Waals surface area contributed by atoms with Crippen LogP contribution in [0.1, 0.15) is 12.8 Å². The summed E-state index contributed by atoms with van der Waals surface area (Å²) in [6.07, 6.45) is 15.6. The first-order valence-corrected chi connectivity index (χ1v) is 5.20. The predicted octanol–water partition coefficient (Wildman–Crippen LogP) is -5.89. The number of halogens is 3. The quantitative estimate of drug-likeness (QED) is 0.383. The SMILES string of the molecule is [Br-].[Br-].[Br-].[Ti+3][CH](C1=CC=CC1)C1=CC=CC1. The van der Waals surface area contributed by atoms with E-state index < -0.39 is 0 Å². The van der Waals surface area contributed by atoms with Crippen molar-refractivity contribution in [1.29, 1.82) is 0 Å². The molecule has 0 N–H and O–H groups in total. The van der Waals surface area contributed by atoms with E-state index in [0.717, 1.165) is 12.8 Å². The van der Waals surface area contributed by atoms with E-state index in [2.05, 4.69) is 56.9 Å². The van der Waals surface area contributed by atoms with Gasteiger partial charge >= 0.3 is 85.1 Å². The van der Waals surface area contributed by atoms with Gasteiger partial charge in [0.15, 0.2) is 0 Å². The minimum atomic E-state index is 0. The Balaban J connectivity index is 0. The van der Waals surface area contributed by atoms with Crippen LogP contribution in [0.4, 0.5) is 0 Å². The van der Waals surface area contributed by atoms with Crippen LogP contribution in [0.3, 0.4) is 0 Å². The number of allylic oxidation sites excluding steroid dienone is 8. The molecule has 0 fully saturated rings. The molecule has 0 aromatic carbocycles. The number of hydrogen-bond acceptors (Lipinski definition) is 0. The molecule has 0 saturated carbocycles. The first-order valence-electron chi connectivity index (χ1n) is 4.30. The Bertz CT molecular complexity index is 273. The molecule has 0 spiro atoms. The van der Waals surface area contributed by atoms with Crippen LogP contribution in [0.5, 0.6) is 0 Å². The van der Waals surface area contributed by atoms with E-state index in [9.17, 15) is 0 Å². The second-order valence-electron chi connectivity index (χ2n) is 3.18. The first-order chi connectivity index (χ1) is 5.88. The summed E-state index contributed by atoms with van der Waals surface area (Å²) >= 11 is 2.30. The molecular weight excluding hydrogens is 420 g/mol. The Morgan fingerprint density at radius 3 is 1.53 bits per heavy atom. The summed E-state index contributed by atoms with van der Waals surface area (Å²) in [4.78, 5) is 0. The minimum absolute atomic E-state index is 0. The molecule has 0 bridgehead atoms. The molecule has 2 aliphatic carbocycles. The average molecular weight is 431 g/mol. The van der Waals surface area contributed by atoms with E-state index in [4.69, 9.17) is 0 Å². The fourth-order valence-corrected chi connectivity index (χ4v) is 2.26. The van der Waals surface area contributed by atoms with Crippen molar-refractivity contribution in [2.24, 2.45) is 0 Å². The Kier molecular flexibility index (Phi) is 11.3. The Morgan fingerprint density at radius 1 is 0.867 bits per heavy atom. The van der Waals surface area contributed by atoms with Gasteiger partial charge in [-0.15, -0.1) is 0 Å². The van der Waals surface area contributed by atoms with Crippen molar-refractivity contribution in [2.75, 3.05) is 0 Å². The topological polar surface area (TPSA) is 0 Å². The molecule has 15 heavy (non-hydrogen) atoms. The van der Waals surface area contributed by atoms with Gasteiger partial charge in [0.1, 0.15) is 0 Å². The first kappa shape index (κ1) is 18.5. The van der Waals surface area contributed by atoms with Crippen LogP contribution >= 0.6 is 0 Å². The maximum absolute atomic E-state index is 2.30. The van der Waals surface area contributed by atoms with Crippen LogP contribution in [-0.2, 0) is 20.4 Å². The van der Waals surface area contributed by atoms with Crippen molar-refractivity contribution in [3.05, 3.63) is 47.6 Å². The van der Waals surface area contributed by atoms with Gasteiger partial charge in [-0.3, -0.25) is 0 Å². The standard InChI is InChI=1S/C11H11.3BrH.Ti/c1-2-6-10(5-1)9-11-7-3-4-8-11;;;;/h1-5,7,9H,6,8H2;3*1H;/q;;;;+3/p-3. The van der Waals surface area contributed by atoms with Crippen molar-refractivity contribution in [2.45, 2.75) is 17.1 Å². The van der Waals surface area contributed by atoms with E-state index in [0.29, 0.717) is 4.22 Å². The Morgan fingerprint density at radius 2 is 1.27 bits per heavy atom. The number of rotatable bonds is 2. The molecule has 0 amide bonds. The van der Waals surface area contributed by atoms with Gasteiger partial charge in [0.05, 0.1) is 0 Å². The fraction of sp³-hybridized carbons (Fsp3) is 0.273. The van der Waals surface area contributed by atoms with E-state index in [1.54, 1.807) is 11.1 Å². The molecule has 4 heteroatoms. The molecule has 0 aromatic rings. The summed E-state index contributed by atoms with van der Waals surface area (Å²) in [5.41, 5.74) is 3.12. The third kappa shape index (κ3) is 4.87. The van der Waals surface area contributed by atoms with Crippen molar-refractivity contribution in [1.82, 2.24) is 0 Å². The fourth-order valence-electron chi connectivity index (χ4n) is 1.59. The molecule has 0 heterocycles. The predicted molar refractivity (Wildman–Crippen MR) is 47.4 cm³/mol. The van der Waals surface area contributed by atoms with Crippen LogP contribution in [0.25, 0.3) is 0 Å². The van der Waals surface area contributed by atoms with E-state index in [1.165, 1.54) is 0 Å². The monoisotopic (exact) mass is 428 g/mol. The Labute approximate surface area is 135 Å². The molecular formula is C11H11Br3Ti. The van der Waals surface area contributed by atoms with Crippen molar-refractivity contribution in [3.63, 3.8) is 0 Å². The zero-order valence-corrected chi connectivity index (χ0v) is 14.4. The van der Waals surface area contributed by atoms with Gasteiger partial charge in [0, 0.05) is 0 Å². The van der Waals surface area contributed by atoms with Crippen LogP contribution in [0.2, 0.25) is 4.22 Å². The molecule has 0 atom stereocenters. The third-order valence-corrected chi connectivity index (χ3v) is 3.50. The molecule has 2 aliphatic rings. The van der Waals surface area contributed by atoms with Crippen molar-refractivity contribution in [3.8, 4) is 0 Å². The van der Waals surface area contributed by atoms with Gasteiger partial charge in [0.2, 0.25) is 0 Å². The van der Waals surface area contributed by atoms with Gasteiger partial charge in [-0.25, -0.2) is 0 Å². The zero-order chi connectivity index (χ0) is 8.39. The maximum atomic E-state index is 2.30. The molecule has 0 radical (unpaired) electrons. The second kappa shape index (κ2) is 9.18. The summed E-state index contributed by atoms with van der Waals surface area (Å²) in [7, 11) is 0. The number of hydrogen-bond donors (Lipinski definition) is 0. The molecule has 0 aliphatic heterocycles. The van der Waals surface area contributed by atoms with Crippen molar-refractivity contribution >= 4 is 0 Å². The van der Waals surface area contributed by atoms with Gasteiger partial charge in [0.25, 0.3) is 0 Å². The molecule has 0 nitrogen and oxygen atoms in total. The molecule has 80 valence electrons. The summed E-state index contributed by atoms with van der Waals surface area (Å²) in [6, 6.07) is 0. The van der Waals surface area contributed by atoms with Gasteiger partial charge in [-0.1, -0.05) is 0 Å². The van der Waals surface area contributed by atoms with E-state index >= 15 is 0 Å². The van der Waals surface area contributed by atoms with Crippen LogP contribution in [0, 0.1) is 0 Å². The molecule has 0 saturated heterocycles. The van der Waals surface area contributed by atoms with E-state index in [1.807, 2.05) is 0 Å². The average Bonchev–Trinajstić information content (AvgIpc) is 2.77. The zero-order valence-electron chi connectivity index (χ0n) is 8.09. The third-order valence-electron chi connectivity index (χ3n) is 2.34. The molecule has 2 rings (SSSR count). The van der Waals surface area contributed by atoms with Crippen LogP contribution < -0.4 is 50.9 Å². The second-order valence-corrected chi connectivity index (χ2v) is 4.08. The van der Waals surface area contributed by atoms with Gasteiger partial charge in [-0.05, 0) is 0 Å². The molecule has 0 aromatic heterocycles. The Hall–Kier alpha value is 1.11.